The van der Waals surface area contributed by atoms with E-state index in [2.05, 4.69) is 4.98 Å². The number of H-pyrrole nitrogens is 1. The van der Waals surface area contributed by atoms with Crippen molar-refractivity contribution in [3.63, 3.8) is 0 Å². The molecule has 1 heterocycles. The lowest BCUT2D eigenvalue weighted by Crippen LogP contribution is -2.06. The molecule has 0 atom stereocenters. The van der Waals surface area contributed by atoms with Gasteiger partial charge in [0.2, 0.25) is 0 Å². The molecule has 20 heavy (non-hydrogen) atoms. The summed E-state index contributed by atoms with van der Waals surface area (Å²) in [5, 5.41) is 10.5. The summed E-state index contributed by atoms with van der Waals surface area (Å²) in [7, 11) is 0. The highest BCUT2D eigenvalue weighted by Gasteiger charge is 2.12. The van der Waals surface area contributed by atoms with Crippen molar-refractivity contribution in [1.82, 2.24) is 4.98 Å². The van der Waals surface area contributed by atoms with E-state index in [9.17, 15) is 18.7 Å². The number of pyridine rings is 1. The summed E-state index contributed by atoms with van der Waals surface area (Å²) in [6, 6.07) is 7.94. The van der Waals surface area contributed by atoms with E-state index in [1.165, 1.54) is 18.3 Å². The summed E-state index contributed by atoms with van der Waals surface area (Å²) >= 11 is 0. The summed E-state index contributed by atoms with van der Waals surface area (Å²) in [4.78, 5) is 14.3. The van der Waals surface area contributed by atoms with Gasteiger partial charge in [-0.1, -0.05) is 12.1 Å². The van der Waals surface area contributed by atoms with Crippen molar-refractivity contribution in [2.24, 2.45) is 0 Å². The molecule has 2 aromatic carbocycles. The van der Waals surface area contributed by atoms with E-state index in [-0.39, 0.29) is 16.7 Å². The summed E-state index contributed by atoms with van der Waals surface area (Å²) in [5.41, 5.74) is 0.436. The van der Waals surface area contributed by atoms with Crippen molar-refractivity contribution in [3.8, 4) is 16.9 Å². The van der Waals surface area contributed by atoms with Crippen LogP contribution < -0.4 is 5.56 Å². The molecule has 1 aromatic heterocycles. The van der Waals surface area contributed by atoms with E-state index in [1.807, 2.05) is 0 Å². The molecule has 0 bridgehead atoms. The van der Waals surface area contributed by atoms with Gasteiger partial charge in [-0.05, 0) is 29.8 Å². The van der Waals surface area contributed by atoms with Crippen LogP contribution in [0.5, 0.6) is 5.75 Å². The second-order valence-corrected chi connectivity index (χ2v) is 4.36. The molecule has 0 fully saturated rings. The number of aromatic hydroxyl groups is 1. The minimum atomic E-state index is -0.989. The van der Waals surface area contributed by atoms with Crippen LogP contribution in [0, 0.1) is 11.6 Å². The Hall–Kier alpha value is -2.69. The zero-order valence-corrected chi connectivity index (χ0v) is 10.2. The topological polar surface area (TPSA) is 53.1 Å². The smallest absolute Gasteiger partial charge is 0.255 e. The lowest BCUT2D eigenvalue weighted by Gasteiger charge is -2.08. The molecule has 5 heteroatoms. The number of phenolic OH excluding ortho intramolecular Hbond substituents is 1. The second kappa shape index (κ2) is 4.45. The maximum atomic E-state index is 13.3. The first-order chi connectivity index (χ1) is 9.58. The van der Waals surface area contributed by atoms with Gasteiger partial charge < -0.3 is 10.1 Å². The van der Waals surface area contributed by atoms with Crippen molar-refractivity contribution in [3.05, 3.63) is 64.6 Å². The molecule has 3 rings (SSSR count). The second-order valence-electron chi connectivity index (χ2n) is 4.36. The average Bonchev–Trinajstić information content (AvgIpc) is 2.43. The molecule has 0 spiro atoms. The zero-order valence-electron chi connectivity index (χ0n) is 10.2. The Kier molecular flexibility index (Phi) is 2.75. The third-order valence-electron chi connectivity index (χ3n) is 3.13. The van der Waals surface area contributed by atoms with Crippen LogP contribution in [-0.2, 0) is 0 Å². The Bertz CT molecular complexity index is 871. The predicted molar refractivity (Wildman–Crippen MR) is 71.6 cm³/mol. The van der Waals surface area contributed by atoms with Crippen LogP contribution in [0.25, 0.3) is 21.9 Å². The zero-order chi connectivity index (χ0) is 14.3. The Morgan fingerprint density at radius 1 is 1.05 bits per heavy atom. The highest BCUT2D eigenvalue weighted by atomic mass is 19.2. The van der Waals surface area contributed by atoms with Gasteiger partial charge in [-0.15, -0.1) is 0 Å². The van der Waals surface area contributed by atoms with E-state index < -0.39 is 11.6 Å². The molecule has 3 aromatic rings. The number of hydrogen-bond acceptors (Lipinski definition) is 2. The first kappa shape index (κ1) is 12.3. The minimum Gasteiger partial charge on any atom is -0.507 e. The summed E-state index contributed by atoms with van der Waals surface area (Å²) in [6.45, 7) is 0. The van der Waals surface area contributed by atoms with E-state index in [0.717, 1.165) is 12.1 Å². The van der Waals surface area contributed by atoms with Gasteiger partial charge in [-0.3, -0.25) is 4.79 Å². The van der Waals surface area contributed by atoms with Gasteiger partial charge >= 0.3 is 0 Å². The third kappa shape index (κ3) is 1.84. The van der Waals surface area contributed by atoms with Crippen LogP contribution in [0.3, 0.4) is 0 Å². The SMILES string of the molecule is O=c1[nH]cc(-c2ccc(F)c(F)c2)c2c(O)cccc12. The number of aromatic nitrogens is 1. The van der Waals surface area contributed by atoms with Gasteiger partial charge in [0.05, 0.1) is 5.39 Å². The van der Waals surface area contributed by atoms with E-state index in [1.54, 1.807) is 12.1 Å². The van der Waals surface area contributed by atoms with Crippen molar-refractivity contribution in [1.29, 1.82) is 0 Å². The summed E-state index contributed by atoms with van der Waals surface area (Å²) < 4.78 is 26.3. The maximum absolute atomic E-state index is 13.3. The van der Waals surface area contributed by atoms with Gasteiger partial charge in [0.1, 0.15) is 5.75 Å². The van der Waals surface area contributed by atoms with Crippen LogP contribution in [0.15, 0.2) is 47.4 Å². The first-order valence-corrected chi connectivity index (χ1v) is 5.87. The molecule has 0 aliphatic rings. The molecule has 0 aliphatic carbocycles. The fraction of sp³-hybridized carbons (Fsp3) is 0. The number of aromatic amines is 1. The summed E-state index contributed by atoms with van der Waals surface area (Å²) in [6.07, 6.45) is 1.37. The molecule has 100 valence electrons. The Morgan fingerprint density at radius 2 is 1.85 bits per heavy atom. The molecule has 0 saturated heterocycles. The van der Waals surface area contributed by atoms with Crippen molar-refractivity contribution in [2.45, 2.75) is 0 Å². The molecule has 0 amide bonds. The lowest BCUT2D eigenvalue weighted by atomic mass is 10.00. The van der Waals surface area contributed by atoms with Gasteiger partial charge in [0, 0.05) is 17.1 Å². The quantitative estimate of drug-likeness (QED) is 0.715. The molecular weight excluding hydrogens is 264 g/mol. The predicted octanol–water partition coefficient (Wildman–Crippen LogP) is 3.18. The molecule has 0 aliphatic heterocycles. The number of fused-ring (bicyclic) bond motifs is 1. The minimum absolute atomic E-state index is 0.0895. The fourth-order valence-electron chi connectivity index (χ4n) is 2.19. The number of rotatable bonds is 1. The standard InChI is InChI=1S/C15H9F2NO2/c16-11-5-4-8(6-12(11)17)10-7-18-15(20)9-2-1-3-13(19)14(9)10/h1-7,19H,(H,18,20). The maximum Gasteiger partial charge on any atom is 0.255 e. The average molecular weight is 273 g/mol. The molecule has 0 radical (unpaired) electrons. The monoisotopic (exact) mass is 273 g/mol. The third-order valence-corrected chi connectivity index (χ3v) is 3.13. The largest absolute Gasteiger partial charge is 0.507 e. The number of phenols is 1. The van der Waals surface area contributed by atoms with Crippen LogP contribution in [0.1, 0.15) is 0 Å². The van der Waals surface area contributed by atoms with Crippen molar-refractivity contribution >= 4 is 10.8 Å². The Labute approximate surface area is 112 Å². The van der Waals surface area contributed by atoms with Gasteiger partial charge in [-0.25, -0.2) is 8.78 Å². The van der Waals surface area contributed by atoms with E-state index >= 15 is 0 Å². The van der Waals surface area contributed by atoms with E-state index in [4.69, 9.17) is 0 Å². The first-order valence-electron chi connectivity index (χ1n) is 5.87. The van der Waals surface area contributed by atoms with Crippen LogP contribution >= 0.6 is 0 Å². The number of hydrogen-bond donors (Lipinski definition) is 2. The molecule has 0 unspecified atom stereocenters. The van der Waals surface area contributed by atoms with Crippen molar-refractivity contribution in [2.75, 3.05) is 0 Å². The van der Waals surface area contributed by atoms with Gasteiger partial charge in [0.15, 0.2) is 11.6 Å². The normalized spacial score (nSPS) is 10.9. The van der Waals surface area contributed by atoms with Crippen molar-refractivity contribution < 1.29 is 13.9 Å². The molecule has 0 saturated carbocycles. The molecule has 2 N–H and O–H groups in total. The van der Waals surface area contributed by atoms with Gasteiger partial charge in [-0.2, -0.15) is 0 Å². The van der Waals surface area contributed by atoms with Gasteiger partial charge in [0.25, 0.3) is 5.56 Å². The number of halogens is 2. The Balaban J connectivity index is 2.39. The van der Waals surface area contributed by atoms with Crippen LogP contribution in [0.4, 0.5) is 8.78 Å². The highest BCUT2D eigenvalue weighted by molar-refractivity contribution is 5.99. The van der Waals surface area contributed by atoms with Crippen LogP contribution in [0.2, 0.25) is 0 Å². The Morgan fingerprint density at radius 3 is 2.60 bits per heavy atom. The molecule has 3 nitrogen and oxygen atoms in total. The molecular formula is C15H9F2NO2. The van der Waals surface area contributed by atoms with E-state index in [0.29, 0.717) is 16.5 Å². The van der Waals surface area contributed by atoms with Crippen LogP contribution in [-0.4, -0.2) is 10.1 Å². The number of nitrogens with one attached hydrogen (secondary N) is 1. The fourth-order valence-corrected chi connectivity index (χ4v) is 2.19. The summed E-state index contributed by atoms with van der Waals surface area (Å²) in [5.74, 6) is -2.03. The highest BCUT2D eigenvalue weighted by Crippen LogP contribution is 2.32. The lowest BCUT2D eigenvalue weighted by molar-refractivity contribution is 0.481. The number of benzene rings is 2.